The Labute approximate surface area is 147 Å². The fourth-order valence-electron chi connectivity index (χ4n) is 2.83. The van der Waals surface area contributed by atoms with Gasteiger partial charge in [0.1, 0.15) is 10.7 Å². The predicted molar refractivity (Wildman–Crippen MR) is 99.9 cm³/mol. The molecule has 0 aliphatic carbocycles. The fourth-order valence-corrected chi connectivity index (χ4v) is 4.02. The van der Waals surface area contributed by atoms with Crippen molar-refractivity contribution in [3.8, 4) is 0 Å². The quantitative estimate of drug-likeness (QED) is 0.831. The van der Waals surface area contributed by atoms with Gasteiger partial charge in [-0.3, -0.25) is 14.2 Å². The number of hydrogen-bond acceptors (Lipinski definition) is 4. The van der Waals surface area contributed by atoms with E-state index in [9.17, 15) is 9.59 Å². The maximum absolute atomic E-state index is 13.1. The highest BCUT2D eigenvalue weighted by atomic mass is 32.1. The molecule has 6 heteroatoms. The first-order chi connectivity index (χ1) is 11.1. The van der Waals surface area contributed by atoms with Crippen LogP contribution in [0.2, 0.25) is 0 Å². The number of hydrogen-bond donors (Lipinski definition) is 0. The van der Waals surface area contributed by atoms with E-state index in [4.69, 9.17) is 0 Å². The van der Waals surface area contributed by atoms with Crippen molar-refractivity contribution < 1.29 is 4.79 Å². The van der Waals surface area contributed by atoms with E-state index in [1.165, 1.54) is 15.9 Å². The highest BCUT2D eigenvalue weighted by Gasteiger charge is 2.25. The number of carbonyl (C=O) groups excluding carboxylic acids is 1. The number of nitrogens with zero attached hydrogens (tertiary/aromatic N) is 3. The number of thiophene rings is 1. The van der Waals surface area contributed by atoms with Crippen molar-refractivity contribution in [2.45, 2.75) is 41.5 Å². The first-order valence-corrected chi connectivity index (χ1v) is 9.21. The Morgan fingerprint density at radius 2 is 1.71 bits per heavy atom. The second kappa shape index (κ2) is 7.05. The van der Waals surface area contributed by atoms with Crippen molar-refractivity contribution >= 4 is 27.5 Å². The normalized spacial score (nSPS) is 11.7. The molecule has 5 nitrogen and oxygen atoms in total. The molecular formula is C18H27N3O2S. The lowest BCUT2D eigenvalue weighted by atomic mass is 10.1. The van der Waals surface area contributed by atoms with Crippen LogP contribution in [0, 0.1) is 25.7 Å². The maximum atomic E-state index is 13.1. The number of fused-ring (bicyclic) bond motifs is 1. The van der Waals surface area contributed by atoms with Gasteiger partial charge in [-0.25, -0.2) is 4.98 Å². The molecule has 132 valence electrons. The Balaban J connectivity index is 2.54. The number of aromatic nitrogens is 2. The number of carbonyl (C=O) groups is 1. The highest BCUT2D eigenvalue weighted by molar-refractivity contribution is 7.20. The van der Waals surface area contributed by atoms with Gasteiger partial charge in [-0.15, -0.1) is 11.3 Å². The second-order valence-electron chi connectivity index (χ2n) is 7.26. The van der Waals surface area contributed by atoms with E-state index in [1.54, 1.807) is 14.0 Å². The van der Waals surface area contributed by atoms with E-state index in [1.807, 2.05) is 11.8 Å². The molecule has 0 atom stereocenters. The van der Waals surface area contributed by atoms with Crippen molar-refractivity contribution in [2.75, 3.05) is 13.1 Å². The minimum absolute atomic E-state index is 0.0117. The van der Waals surface area contributed by atoms with Crippen LogP contribution in [-0.2, 0) is 7.05 Å². The Hall–Kier alpha value is -1.69. The van der Waals surface area contributed by atoms with Crippen molar-refractivity contribution in [1.82, 2.24) is 14.5 Å². The van der Waals surface area contributed by atoms with E-state index < -0.39 is 0 Å². The van der Waals surface area contributed by atoms with Gasteiger partial charge in [0, 0.05) is 20.1 Å². The number of amides is 1. The van der Waals surface area contributed by atoms with Gasteiger partial charge in [0.15, 0.2) is 0 Å². The zero-order valence-corrected chi connectivity index (χ0v) is 16.5. The number of rotatable bonds is 5. The van der Waals surface area contributed by atoms with E-state index in [0.717, 1.165) is 18.7 Å². The minimum Gasteiger partial charge on any atom is -0.337 e. The molecule has 24 heavy (non-hydrogen) atoms. The van der Waals surface area contributed by atoms with E-state index >= 15 is 0 Å². The molecule has 2 rings (SSSR count). The zero-order chi connectivity index (χ0) is 18.2. The topological polar surface area (TPSA) is 55.2 Å². The van der Waals surface area contributed by atoms with Gasteiger partial charge in [-0.2, -0.15) is 0 Å². The second-order valence-corrected chi connectivity index (χ2v) is 8.26. The standard InChI is InChI=1S/C18H27N3O2S/c1-10(2)8-21(9-11(3)4)18(23)15-12(5)14-16(24-15)19-13(6)20(7)17(14)22/h10-11H,8-9H2,1-7H3. The summed E-state index contributed by atoms with van der Waals surface area (Å²) in [4.78, 5) is 33.3. The van der Waals surface area contributed by atoms with E-state index in [0.29, 0.717) is 32.8 Å². The molecule has 0 spiro atoms. The summed E-state index contributed by atoms with van der Waals surface area (Å²) in [6, 6.07) is 0. The monoisotopic (exact) mass is 349 g/mol. The average molecular weight is 350 g/mol. The molecule has 2 aromatic heterocycles. The third kappa shape index (κ3) is 3.53. The molecule has 0 radical (unpaired) electrons. The average Bonchev–Trinajstić information content (AvgIpc) is 2.79. The smallest absolute Gasteiger partial charge is 0.264 e. The Kier molecular flexibility index (Phi) is 5.48. The summed E-state index contributed by atoms with van der Waals surface area (Å²) in [6.45, 7) is 13.5. The first kappa shape index (κ1) is 18.6. The van der Waals surface area contributed by atoms with Crippen LogP contribution in [0.15, 0.2) is 4.79 Å². The van der Waals surface area contributed by atoms with Gasteiger partial charge < -0.3 is 4.90 Å². The summed E-state index contributed by atoms with van der Waals surface area (Å²) in [7, 11) is 1.71. The molecule has 0 aliphatic rings. The maximum Gasteiger partial charge on any atom is 0.264 e. The Morgan fingerprint density at radius 1 is 1.17 bits per heavy atom. The zero-order valence-electron chi connectivity index (χ0n) is 15.6. The van der Waals surface area contributed by atoms with Gasteiger partial charge in [0.05, 0.1) is 10.3 Å². The minimum atomic E-state index is -0.0791. The molecule has 0 aliphatic heterocycles. The highest BCUT2D eigenvalue weighted by Crippen LogP contribution is 2.29. The number of aryl methyl sites for hydroxylation is 2. The van der Waals surface area contributed by atoms with Crippen molar-refractivity contribution in [3.05, 3.63) is 26.6 Å². The van der Waals surface area contributed by atoms with Crippen LogP contribution < -0.4 is 5.56 Å². The largest absolute Gasteiger partial charge is 0.337 e. The van der Waals surface area contributed by atoms with Crippen LogP contribution in [0.4, 0.5) is 0 Å². The Bertz CT molecular complexity index is 808. The summed E-state index contributed by atoms with van der Waals surface area (Å²) in [5.41, 5.74) is 0.676. The van der Waals surface area contributed by atoms with Crippen LogP contribution >= 0.6 is 11.3 Å². The Morgan fingerprint density at radius 3 is 2.21 bits per heavy atom. The molecule has 0 bridgehead atoms. The van der Waals surface area contributed by atoms with E-state index in [-0.39, 0.29) is 11.5 Å². The SMILES string of the molecule is Cc1c(C(=O)N(CC(C)C)CC(C)C)sc2nc(C)n(C)c(=O)c12. The van der Waals surface area contributed by atoms with Gasteiger partial charge in [-0.1, -0.05) is 27.7 Å². The third-order valence-corrected chi connectivity index (χ3v) is 5.22. The molecule has 2 aromatic rings. The molecule has 0 saturated carbocycles. The molecule has 0 N–H and O–H groups in total. The van der Waals surface area contributed by atoms with Crippen molar-refractivity contribution in [3.63, 3.8) is 0 Å². The van der Waals surface area contributed by atoms with E-state index in [2.05, 4.69) is 32.7 Å². The van der Waals surface area contributed by atoms with Crippen LogP contribution in [-0.4, -0.2) is 33.4 Å². The van der Waals surface area contributed by atoms with Crippen LogP contribution in [0.25, 0.3) is 10.2 Å². The molecule has 0 saturated heterocycles. The molecular weight excluding hydrogens is 322 g/mol. The molecule has 0 aromatic carbocycles. The van der Waals surface area contributed by atoms with Crippen LogP contribution in [0.5, 0.6) is 0 Å². The third-order valence-electron chi connectivity index (χ3n) is 4.05. The summed E-state index contributed by atoms with van der Waals surface area (Å²) in [6.07, 6.45) is 0. The lowest BCUT2D eigenvalue weighted by molar-refractivity contribution is 0.0719. The lowest BCUT2D eigenvalue weighted by Crippen LogP contribution is -2.36. The molecule has 0 fully saturated rings. The summed E-state index contributed by atoms with van der Waals surface area (Å²) in [5, 5.41) is 0.575. The molecule has 0 unspecified atom stereocenters. The predicted octanol–water partition coefficient (Wildman–Crippen LogP) is 3.37. The first-order valence-electron chi connectivity index (χ1n) is 8.39. The summed E-state index contributed by atoms with van der Waals surface area (Å²) >= 11 is 1.34. The van der Waals surface area contributed by atoms with Gasteiger partial charge >= 0.3 is 0 Å². The van der Waals surface area contributed by atoms with Crippen molar-refractivity contribution in [1.29, 1.82) is 0 Å². The lowest BCUT2D eigenvalue weighted by Gasteiger charge is -2.26. The summed E-state index contributed by atoms with van der Waals surface area (Å²) in [5.74, 6) is 1.47. The summed E-state index contributed by atoms with van der Waals surface area (Å²) < 4.78 is 1.54. The fraction of sp³-hybridized carbons (Fsp3) is 0.611. The van der Waals surface area contributed by atoms with Gasteiger partial charge in [0.25, 0.3) is 11.5 Å². The van der Waals surface area contributed by atoms with Crippen LogP contribution in [0.1, 0.15) is 48.8 Å². The van der Waals surface area contributed by atoms with Crippen molar-refractivity contribution in [2.24, 2.45) is 18.9 Å². The van der Waals surface area contributed by atoms with Gasteiger partial charge in [0.2, 0.25) is 0 Å². The van der Waals surface area contributed by atoms with Gasteiger partial charge in [-0.05, 0) is 31.2 Å². The molecule has 1 amide bonds. The molecule has 2 heterocycles. The van der Waals surface area contributed by atoms with Crippen LogP contribution in [0.3, 0.4) is 0 Å².